The van der Waals surface area contributed by atoms with Gasteiger partial charge in [-0.1, -0.05) is 24.3 Å². The van der Waals surface area contributed by atoms with Crippen molar-refractivity contribution in [1.82, 2.24) is 5.32 Å². The lowest BCUT2D eigenvalue weighted by molar-refractivity contribution is -0.152. The number of aryl methyl sites for hydroxylation is 1. The van der Waals surface area contributed by atoms with Gasteiger partial charge in [-0.15, -0.1) is 0 Å². The maximum absolute atomic E-state index is 11.9. The van der Waals surface area contributed by atoms with Crippen molar-refractivity contribution in [3.63, 3.8) is 0 Å². The van der Waals surface area contributed by atoms with Crippen molar-refractivity contribution in [2.24, 2.45) is 0 Å². The fourth-order valence-corrected chi connectivity index (χ4v) is 3.11. The average molecular weight is 494 g/mol. The van der Waals surface area contributed by atoms with Gasteiger partial charge in [0.15, 0.2) is 0 Å². The summed E-state index contributed by atoms with van der Waals surface area (Å²) in [4.78, 5) is 22.9. The minimum atomic E-state index is -0.950. The monoisotopic (exact) mass is 493 g/mol. The molecule has 3 N–H and O–H groups in total. The Bertz CT molecular complexity index is 881. The van der Waals surface area contributed by atoms with Crippen LogP contribution in [-0.4, -0.2) is 67.8 Å². The third kappa shape index (κ3) is 12.0. The largest absolute Gasteiger partial charge is 0.463 e. The first-order valence-electron chi connectivity index (χ1n) is 11.5. The zero-order chi connectivity index (χ0) is 25.5. The van der Waals surface area contributed by atoms with Crippen molar-refractivity contribution in [3.05, 3.63) is 59.0 Å². The Balaban J connectivity index is 1.57. The molecule has 0 bridgehead atoms. The molecule has 2 rings (SSSR count). The van der Waals surface area contributed by atoms with E-state index in [0.717, 1.165) is 12.1 Å². The highest BCUT2D eigenvalue weighted by Gasteiger charge is 2.13. The number of ether oxygens (including phenoxy) is 4. The molecular formula is C25H35NO9. The number of nitrogens with one attached hydrogen (secondary N) is 1. The molecule has 2 unspecified atom stereocenters. The fourth-order valence-electron chi connectivity index (χ4n) is 3.11. The zero-order valence-electron chi connectivity index (χ0n) is 20.2. The molecule has 0 fully saturated rings. The molecule has 0 saturated heterocycles. The predicted octanol–water partition coefficient (Wildman–Crippen LogP) is 1.49. The topological polar surface area (TPSA) is 137 Å². The molecule has 0 radical (unpaired) electrons. The van der Waals surface area contributed by atoms with Crippen LogP contribution in [0.4, 0.5) is 0 Å². The quantitative estimate of drug-likeness (QED) is 0.278. The van der Waals surface area contributed by atoms with Crippen LogP contribution >= 0.6 is 0 Å². The van der Waals surface area contributed by atoms with E-state index in [1.807, 2.05) is 31.3 Å². The summed E-state index contributed by atoms with van der Waals surface area (Å²) in [6.45, 7) is 1.85. The normalized spacial score (nSPS) is 12.8. The van der Waals surface area contributed by atoms with E-state index in [0.29, 0.717) is 17.9 Å². The maximum atomic E-state index is 11.9. The van der Waals surface area contributed by atoms with E-state index in [-0.39, 0.29) is 52.0 Å². The standard InChI is InChI=1S/C25H35NO9/c1-18(28)34-24(12-27)17-32-16-23-9-8-22(35-23)15-31-13-21(29)14-33-25(30)10-7-19-3-5-20(6-4-19)11-26-2/h3-6,8-9,21,24,26-27,29H,7,10-17H2,1-2H3. The first-order chi connectivity index (χ1) is 16.9. The van der Waals surface area contributed by atoms with Gasteiger partial charge < -0.3 is 38.9 Å². The second kappa shape index (κ2) is 16.0. The van der Waals surface area contributed by atoms with Crippen LogP contribution in [0.2, 0.25) is 0 Å². The number of hydrogen-bond donors (Lipinski definition) is 3. The second-order valence-corrected chi connectivity index (χ2v) is 8.00. The van der Waals surface area contributed by atoms with Crippen molar-refractivity contribution in [2.75, 3.05) is 33.5 Å². The minimum absolute atomic E-state index is 0.0205. The SMILES string of the molecule is CNCc1ccc(CCC(=O)OCC(O)COCc2ccc(COCC(CO)OC(C)=O)o2)cc1. The van der Waals surface area contributed by atoms with Crippen LogP contribution in [0.15, 0.2) is 40.8 Å². The highest BCUT2D eigenvalue weighted by Crippen LogP contribution is 2.11. The van der Waals surface area contributed by atoms with Gasteiger partial charge in [0.05, 0.1) is 19.8 Å². The molecule has 0 aliphatic rings. The van der Waals surface area contributed by atoms with Crippen LogP contribution in [0.3, 0.4) is 0 Å². The van der Waals surface area contributed by atoms with Crippen molar-refractivity contribution < 1.29 is 43.2 Å². The van der Waals surface area contributed by atoms with Crippen LogP contribution in [0.5, 0.6) is 0 Å². The fraction of sp³-hybridized carbons (Fsp3) is 0.520. The Kier molecular flexibility index (Phi) is 13.0. The molecule has 1 aromatic heterocycles. The Morgan fingerprint density at radius 2 is 1.60 bits per heavy atom. The Hall–Kier alpha value is -2.76. The summed E-state index contributed by atoms with van der Waals surface area (Å²) >= 11 is 0. The summed E-state index contributed by atoms with van der Waals surface area (Å²) < 4.78 is 26.4. The number of furan rings is 1. The van der Waals surface area contributed by atoms with Crippen molar-refractivity contribution in [1.29, 1.82) is 0 Å². The number of carbonyl (C=O) groups is 2. The summed E-state index contributed by atoms with van der Waals surface area (Å²) in [7, 11) is 1.89. The van der Waals surface area contributed by atoms with Crippen LogP contribution in [0.1, 0.15) is 36.0 Å². The van der Waals surface area contributed by atoms with E-state index in [4.69, 9.17) is 28.5 Å². The number of rotatable bonds is 17. The smallest absolute Gasteiger partial charge is 0.306 e. The summed E-state index contributed by atoms with van der Waals surface area (Å²) in [5.41, 5.74) is 2.22. The summed E-state index contributed by atoms with van der Waals surface area (Å²) in [5.74, 6) is 0.200. The van der Waals surface area contributed by atoms with Gasteiger partial charge in [-0.25, -0.2) is 0 Å². The third-order valence-corrected chi connectivity index (χ3v) is 4.81. The molecule has 10 nitrogen and oxygen atoms in total. The Morgan fingerprint density at radius 3 is 2.20 bits per heavy atom. The van der Waals surface area contributed by atoms with Gasteiger partial charge in [-0.05, 0) is 36.7 Å². The first kappa shape index (κ1) is 28.5. The molecule has 1 heterocycles. The Morgan fingerprint density at radius 1 is 0.971 bits per heavy atom. The molecule has 35 heavy (non-hydrogen) atoms. The summed E-state index contributed by atoms with van der Waals surface area (Å²) in [6, 6.07) is 11.4. The second-order valence-electron chi connectivity index (χ2n) is 8.00. The number of benzene rings is 1. The molecule has 1 aromatic carbocycles. The van der Waals surface area contributed by atoms with E-state index in [1.54, 1.807) is 12.1 Å². The van der Waals surface area contributed by atoms with Gasteiger partial charge in [0.25, 0.3) is 0 Å². The van der Waals surface area contributed by atoms with Crippen molar-refractivity contribution in [2.45, 2.75) is 51.7 Å². The minimum Gasteiger partial charge on any atom is -0.463 e. The van der Waals surface area contributed by atoms with Crippen LogP contribution < -0.4 is 5.32 Å². The number of esters is 2. The number of hydrogen-bond acceptors (Lipinski definition) is 10. The molecule has 0 aliphatic heterocycles. The van der Waals surface area contributed by atoms with Gasteiger partial charge in [-0.2, -0.15) is 0 Å². The van der Waals surface area contributed by atoms with E-state index < -0.39 is 18.2 Å². The van der Waals surface area contributed by atoms with E-state index in [9.17, 15) is 14.7 Å². The number of aliphatic hydroxyl groups is 2. The summed E-state index contributed by atoms with van der Waals surface area (Å²) in [6.07, 6.45) is -0.874. The van der Waals surface area contributed by atoms with E-state index >= 15 is 0 Å². The molecule has 2 aromatic rings. The molecule has 0 spiro atoms. The highest BCUT2D eigenvalue weighted by atomic mass is 16.6. The lowest BCUT2D eigenvalue weighted by Gasteiger charge is -2.13. The third-order valence-electron chi connectivity index (χ3n) is 4.81. The highest BCUT2D eigenvalue weighted by molar-refractivity contribution is 5.69. The molecule has 194 valence electrons. The van der Waals surface area contributed by atoms with Crippen molar-refractivity contribution in [3.8, 4) is 0 Å². The van der Waals surface area contributed by atoms with Crippen molar-refractivity contribution >= 4 is 11.9 Å². The predicted molar refractivity (Wildman–Crippen MR) is 125 cm³/mol. The molecular weight excluding hydrogens is 458 g/mol. The first-order valence-corrected chi connectivity index (χ1v) is 11.5. The van der Waals surface area contributed by atoms with E-state index in [2.05, 4.69) is 5.32 Å². The van der Waals surface area contributed by atoms with E-state index in [1.165, 1.54) is 12.5 Å². The maximum Gasteiger partial charge on any atom is 0.306 e. The van der Waals surface area contributed by atoms with Gasteiger partial charge in [0.1, 0.15) is 43.5 Å². The molecule has 2 atom stereocenters. The molecule has 0 amide bonds. The molecule has 10 heteroatoms. The Labute approximate surface area is 205 Å². The van der Waals surface area contributed by atoms with Crippen LogP contribution in [-0.2, 0) is 54.7 Å². The zero-order valence-corrected chi connectivity index (χ0v) is 20.2. The van der Waals surface area contributed by atoms with Gasteiger partial charge >= 0.3 is 11.9 Å². The summed E-state index contributed by atoms with van der Waals surface area (Å²) in [5, 5.41) is 22.2. The lowest BCUT2D eigenvalue weighted by Crippen LogP contribution is -2.25. The van der Waals surface area contributed by atoms with Gasteiger partial charge in [0.2, 0.25) is 0 Å². The average Bonchev–Trinajstić information content (AvgIpc) is 3.29. The van der Waals surface area contributed by atoms with Gasteiger partial charge in [-0.3, -0.25) is 9.59 Å². The van der Waals surface area contributed by atoms with Crippen LogP contribution in [0, 0.1) is 0 Å². The molecule has 0 aliphatic carbocycles. The number of aliphatic hydroxyl groups excluding tert-OH is 2. The van der Waals surface area contributed by atoms with Crippen LogP contribution in [0.25, 0.3) is 0 Å². The van der Waals surface area contributed by atoms with Gasteiger partial charge in [0, 0.05) is 19.9 Å². The molecule has 0 saturated carbocycles. The number of carbonyl (C=O) groups excluding carboxylic acids is 2. The lowest BCUT2D eigenvalue weighted by atomic mass is 10.1.